The minimum Gasteiger partial charge on any atom is -0.484 e. The fourth-order valence-corrected chi connectivity index (χ4v) is 2.52. The van der Waals surface area contributed by atoms with Gasteiger partial charge in [-0.25, -0.2) is 0 Å². The van der Waals surface area contributed by atoms with Crippen molar-refractivity contribution in [1.82, 2.24) is 5.32 Å². The van der Waals surface area contributed by atoms with Crippen molar-refractivity contribution >= 4 is 17.5 Å². The predicted octanol–water partition coefficient (Wildman–Crippen LogP) is 3.63. The molecule has 1 N–H and O–H groups in total. The van der Waals surface area contributed by atoms with Crippen LogP contribution in [0.15, 0.2) is 36.4 Å². The van der Waals surface area contributed by atoms with Gasteiger partial charge in [-0.2, -0.15) is 0 Å². The number of carbonyl (C=O) groups excluding carboxylic acids is 1. The van der Waals surface area contributed by atoms with E-state index in [-0.39, 0.29) is 25.3 Å². The zero-order chi connectivity index (χ0) is 17.1. The lowest BCUT2D eigenvalue weighted by atomic mass is 10.1. The number of halogens is 1. The molecule has 0 saturated heterocycles. The van der Waals surface area contributed by atoms with Crippen LogP contribution in [0, 0.1) is 6.92 Å². The standard InChI is InChI=1S/C18H18ClNO4/c1-11-7-14(4-5-15(11)19)22-9-18(21)20-12(2)13-3-6-16-17(8-13)24-10-23-16/h3-8,12H,9-10H2,1-2H3,(H,20,21). The molecule has 1 aliphatic rings. The van der Waals surface area contributed by atoms with Crippen molar-refractivity contribution < 1.29 is 19.0 Å². The van der Waals surface area contributed by atoms with Crippen LogP contribution in [-0.2, 0) is 4.79 Å². The van der Waals surface area contributed by atoms with Crippen molar-refractivity contribution in [3.63, 3.8) is 0 Å². The molecule has 0 aliphatic carbocycles. The fourth-order valence-electron chi connectivity index (χ4n) is 2.40. The summed E-state index contributed by atoms with van der Waals surface area (Å²) in [4.78, 5) is 12.1. The Morgan fingerprint density at radius 2 is 2.04 bits per heavy atom. The number of amides is 1. The van der Waals surface area contributed by atoms with Gasteiger partial charge in [0.15, 0.2) is 18.1 Å². The Kier molecular flexibility index (Phi) is 4.81. The molecule has 2 aromatic rings. The highest BCUT2D eigenvalue weighted by molar-refractivity contribution is 6.31. The Bertz CT molecular complexity index is 763. The van der Waals surface area contributed by atoms with Gasteiger partial charge in [0.25, 0.3) is 5.91 Å². The van der Waals surface area contributed by atoms with Crippen LogP contribution in [-0.4, -0.2) is 19.3 Å². The molecule has 1 atom stereocenters. The summed E-state index contributed by atoms with van der Waals surface area (Å²) in [5.41, 5.74) is 1.85. The number of carbonyl (C=O) groups is 1. The highest BCUT2D eigenvalue weighted by atomic mass is 35.5. The van der Waals surface area contributed by atoms with Crippen molar-refractivity contribution in [2.75, 3.05) is 13.4 Å². The Hall–Kier alpha value is -2.40. The summed E-state index contributed by atoms with van der Waals surface area (Å²) in [6.07, 6.45) is 0. The normalized spacial score (nSPS) is 13.5. The first-order valence-electron chi connectivity index (χ1n) is 7.61. The van der Waals surface area contributed by atoms with Crippen LogP contribution in [0.3, 0.4) is 0 Å². The molecule has 0 spiro atoms. The first kappa shape index (κ1) is 16.5. The molecule has 126 valence electrons. The number of rotatable bonds is 5. The van der Waals surface area contributed by atoms with Crippen LogP contribution >= 0.6 is 11.6 Å². The highest BCUT2D eigenvalue weighted by Crippen LogP contribution is 2.34. The molecule has 1 aliphatic heterocycles. The van der Waals surface area contributed by atoms with E-state index < -0.39 is 0 Å². The molecule has 3 rings (SSSR count). The molecule has 0 aromatic heterocycles. The van der Waals surface area contributed by atoms with Crippen LogP contribution in [0.4, 0.5) is 0 Å². The maximum atomic E-state index is 12.1. The van der Waals surface area contributed by atoms with E-state index in [4.69, 9.17) is 25.8 Å². The summed E-state index contributed by atoms with van der Waals surface area (Å²) < 4.78 is 16.1. The van der Waals surface area contributed by atoms with Gasteiger partial charge in [-0.15, -0.1) is 0 Å². The first-order valence-corrected chi connectivity index (χ1v) is 7.98. The van der Waals surface area contributed by atoms with Gasteiger partial charge >= 0.3 is 0 Å². The Labute approximate surface area is 145 Å². The summed E-state index contributed by atoms with van der Waals surface area (Å²) in [6.45, 7) is 3.96. The Morgan fingerprint density at radius 3 is 2.83 bits per heavy atom. The fraction of sp³-hybridized carbons (Fsp3) is 0.278. The zero-order valence-corrected chi connectivity index (χ0v) is 14.2. The molecule has 0 fully saturated rings. The van der Waals surface area contributed by atoms with Gasteiger partial charge in [-0.1, -0.05) is 17.7 Å². The average molecular weight is 348 g/mol. The number of hydrogen-bond donors (Lipinski definition) is 1. The van der Waals surface area contributed by atoms with Crippen molar-refractivity contribution in [3.8, 4) is 17.2 Å². The third-order valence-corrected chi connectivity index (χ3v) is 4.20. The SMILES string of the molecule is Cc1cc(OCC(=O)NC(C)c2ccc3c(c2)OCO3)ccc1Cl. The summed E-state index contributed by atoms with van der Waals surface area (Å²) in [5.74, 6) is 1.83. The van der Waals surface area contributed by atoms with E-state index in [1.54, 1.807) is 18.2 Å². The molecule has 24 heavy (non-hydrogen) atoms. The van der Waals surface area contributed by atoms with Crippen LogP contribution < -0.4 is 19.5 Å². The second-order valence-electron chi connectivity index (χ2n) is 5.60. The number of ether oxygens (including phenoxy) is 3. The summed E-state index contributed by atoms with van der Waals surface area (Å²) in [7, 11) is 0. The third-order valence-electron chi connectivity index (χ3n) is 3.77. The molecule has 1 amide bonds. The minimum absolute atomic E-state index is 0.0596. The van der Waals surface area contributed by atoms with E-state index in [0.29, 0.717) is 16.5 Å². The highest BCUT2D eigenvalue weighted by Gasteiger charge is 2.17. The van der Waals surface area contributed by atoms with Crippen LogP contribution in [0.5, 0.6) is 17.2 Å². The maximum absolute atomic E-state index is 12.1. The lowest BCUT2D eigenvalue weighted by Crippen LogP contribution is -2.31. The van der Waals surface area contributed by atoms with Gasteiger partial charge in [0.2, 0.25) is 6.79 Å². The van der Waals surface area contributed by atoms with Gasteiger partial charge in [0.1, 0.15) is 5.75 Å². The Morgan fingerprint density at radius 1 is 1.25 bits per heavy atom. The van der Waals surface area contributed by atoms with E-state index in [0.717, 1.165) is 16.9 Å². The van der Waals surface area contributed by atoms with Crippen LogP contribution in [0.1, 0.15) is 24.1 Å². The van der Waals surface area contributed by atoms with Crippen molar-refractivity contribution in [3.05, 3.63) is 52.5 Å². The second kappa shape index (κ2) is 7.01. The summed E-state index contributed by atoms with van der Waals surface area (Å²) in [6, 6.07) is 10.7. The van der Waals surface area contributed by atoms with Crippen LogP contribution in [0.25, 0.3) is 0 Å². The smallest absolute Gasteiger partial charge is 0.258 e. The molecular formula is C18H18ClNO4. The summed E-state index contributed by atoms with van der Waals surface area (Å²) in [5, 5.41) is 3.57. The van der Waals surface area contributed by atoms with E-state index in [1.807, 2.05) is 32.0 Å². The van der Waals surface area contributed by atoms with E-state index in [2.05, 4.69) is 5.32 Å². The van der Waals surface area contributed by atoms with Crippen molar-refractivity contribution in [2.45, 2.75) is 19.9 Å². The molecule has 5 nitrogen and oxygen atoms in total. The molecule has 0 saturated carbocycles. The average Bonchev–Trinajstić information content (AvgIpc) is 3.03. The topological polar surface area (TPSA) is 56.8 Å². The van der Waals surface area contributed by atoms with Gasteiger partial charge in [0.05, 0.1) is 6.04 Å². The molecular weight excluding hydrogens is 330 g/mol. The predicted molar refractivity (Wildman–Crippen MR) is 90.8 cm³/mol. The monoisotopic (exact) mass is 347 g/mol. The van der Waals surface area contributed by atoms with Crippen molar-refractivity contribution in [1.29, 1.82) is 0 Å². The third kappa shape index (κ3) is 3.74. The largest absolute Gasteiger partial charge is 0.484 e. The number of hydrogen-bond acceptors (Lipinski definition) is 4. The maximum Gasteiger partial charge on any atom is 0.258 e. The van der Waals surface area contributed by atoms with E-state index in [9.17, 15) is 4.79 Å². The Balaban J connectivity index is 1.55. The van der Waals surface area contributed by atoms with Crippen molar-refractivity contribution in [2.24, 2.45) is 0 Å². The van der Waals surface area contributed by atoms with Gasteiger partial charge in [-0.3, -0.25) is 4.79 Å². The number of aryl methyl sites for hydroxylation is 1. The van der Waals surface area contributed by atoms with E-state index in [1.165, 1.54) is 0 Å². The lowest BCUT2D eigenvalue weighted by molar-refractivity contribution is -0.123. The van der Waals surface area contributed by atoms with Crippen LogP contribution in [0.2, 0.25) is 5.02 Å². The number of fused-ring (bicyclic) bond motifs is 1. The molecule has 0 radical (unpaired) electrons. The molecule has 1 unspecified atom stereocenters. The minimum atomic E-state index is -0.201. The molecule has 2 aromatic carbocycles. The number of nitrogens with one attached hydrogen (secondary N) is 1. The first-order chi connectivity index (χ1) is 11.5. The van der Waals surface area contributed by atoms with Gasteiger partial charge < -0.3 is 19.5 Å². The summed E-state index contributed by atoms with van der Waals surface area (Å²) >= 11 is 5.97. The quantitative estimate of drug-likeness (QED) is 0.897. The molecule has 1 heterocycles. The van der Waals surface area contributed by atoms with Gasteiger partial charge in [0, 0.05) is 5.02 Å². The lowest BCUT2D eigenvalue weighted by Gasteiger charge is -2.15. The zero-order valence-electron chi connectivity index (χ0n) is 13.5. The number of benzene rings is 2. The van der Waals surface area contributed by atoms with Gasteiger partial charge in [-0.05, 0) is 55.3 Å². The van der Waals surface area contributed by atoms with E-state index >= 15 is 0 Å². The second-order valence-corrected chi connectivity index (χ2v) is 6.01. The molecule has 6 heteroatoms. The molecule has 0 bridgehead atoms.